The SMILES string of the molecule is Cc1cc(C)cc(C(=O)NC(=S)N2CCN(c3ccc([N+](=O)[O-])cc3)CC2)c1. The Morgan fingerprint density at radius 1 is 1.04 bits per heavy atom. The summed E-state index contributed by atoms with van der Waals surface area (Å²) in [4.78, 5) is 27.0. The van der Waals surface area contributed by atoms with Gasteiger partial charge >= 0.3 is 0 Å². The number of amides is 1. The Labute approximate surface area is 169 Å². The fourth-order valence-electron chi connectivity index (χ4n) is 3.31. The van der Waals surface area contributed by atoms with Gasteiger partial charge in [0.2, 0.25) is 0 Å². The summed E-state index contributed by atoms with van der Waals surface area (Å²) in [6.45, 7) is 6.69. The maximum absolute atomic E-state index is 12.5. The molecule has 0 bridgehead atoms. The highest BCUT2D eigenvalue weighted by molar-refractivity contribution is 7.80. The van der Waals surface area contributed by atoms with E-state index >= 15 is 0 Å². The second-order valence-corrected chi connectivity index (χ2v) is 7.27. The number of nitro benzene ring substituents is 1. The molecule has 1 amide bonds. The van der Waals surface area contributed by atoms with E-state index in [1.54, 1.807) is 12.1 Å². The van der Waals surface area contributed by atoms with Gasteiger partial charge in [0.25, 0.3) is 11.6 Å². The molecule has 0 atom stereocenters. The molecule has 1 aliphatic heterocycles. The van der Waals surface area contributed by atoms with Crippen LogP contribution in [0.4, 0.5) is 11.4 Å². The summed E-state index contributed by atoms with van der Waals surface area (Å²) >= 11 is 5.42. The number of carbonyl (C=O) groups excluding carboxylic acids is 1. The number of nitrogens with zero attached hydrogens (tertiary/aromatic N) is 3. The smallest absolute Gasteiger partial charge is 0.269 e. The zero-order chi connectivity index (χ0) is 20.3. The lowest BCUT2D eigenvalue weighted by atomic mass is 10.1. The van der Waals surface area contributed by atoms with Gasteiger partial charge in [0.1, 0.15) is 0 Å². The quantitative estimate of drug-likeness (QED) is 0.486. The molecule has 0 radical (unpaired) electrons. The van der Waals surface area contributed by atoms with Crippen LogP contribution < -0.4 is 10.2 Å². The van der Waals surface area contributed by atoms with Crippen LogP contribution in [0.3, 0.4) is 0 Å². The van der Waals surface area contributed by atoms with Gasteiger partial charge in [-0.15, -0.1) is 0 Å². The van der Waals surface area contributed by atoms with Crippen molar-refractivity contribution in [2.45, 2.75) is 13.8 Å². The first-order valence-electron chi connectivity index (χ1n) is 9.01. The fourth-order valence-corrected chi connectivity index (χ4v) is 3.58. The van der Waals surface area contributed by atoms with E-state index in [-0.39, 0.29) is 11.6 Å². The van der Waals surface area contributed by atoms with E-state index in [1.807, 2.05) is 36.9 Å². The molecule has 0 spiro atoms. The van der Waals surface area contributed by atoms with Crippen LogP contribution in [0.1, 0.15) is 21.5 Å². The Balaban J connectivity index is 1.56. The van der Waals surface area contributed by atoms with Gasteiger partial charge in [0, 0.05) is 49.6 Å². The Morgan fingerprint density at radius 2 is 1.61 bits per heavy atom. The third kappa shape index (κ3) is 4.64. The van der Waals surface area contributed by atoms with Gasteiger partial charge in [-0.05, 0) is 50.3 Å². The lowest BCUT2D eigenvalue weighted by molar-refractivity contribution is -0.384. The molecule has 2 aromatic carbocycles. The van der Waals surface area contributed by atoms with Gasteiger partial charge in [0.05, 0.1) is 4.92 Å². The largest absolute Gasteiger partial charge is 0.368 e. The Bertz CT molecular complexity index is 886. The van der Waals surface area contributed by atoms with E-state index < -0.39 is 4.92 Å². The van der Waals surface area contributed by atoms with E-state index in [1.165, 1.54) is 12.1 Å². The van der Waals surface area contributed by atoms with Gasteiger partial charge < -0.3 is 9.80 Å². The minimum Gasteiger partial charge on any atom is -0.368 e. The minimum atomic E-state index is -0.404. The predicted octanol–water partition coefficient (Wildman–Crippen LogP) is 3.05. The van der Waals surface area contributed by atoms with Gasteiger partial charge in [0.15, 0.2) is 5.11 Å². The summed E-state index contributed by atoms with van der Waals surface area (Å²) in [6.07, 6.45) is 0. The minimum absolute atomic E-state index is 0.0812. The normalized spacial score (nSPS) is 13.9. The summed E-state index contributed by atoms with van der Waals surface area (Å²) in [5.74, 6) is -0.199. The summed E-state index contributed by atoms with van der Waals surface area (Å²) in [6, 6.07) is 12.2. The molecule has 0 aromatic heterocycles. The molecule has 1 fully saturated rings. The van der Waals surface area contributed by atoms with Crippen molar-refractivity contribution in [1.82, 2.24) is 10.2 Å². The average molecular weight is 398 g/mol. The van der Waals surface area contributed by atoms with Crippen LogP contribution in [-0.4, -0.2) is 47.0 Å². The Morgan fingerprint density at radius 3 is 2.14 bits per heavy atom. The molecule has 0 aliphatic carbocycles. The molecule has 7 nitrogen and oxygen atoms in total. The van der Waals surface area contributed by atoms with Crippen LogP contribution in [0, 0.1) is 24.0 Å². The van der Waals surface area contributed by atoms with Crippen molar-refractivity contribution < 1.29 is 9.72 Å². The number of piperazine rings is 1. The van der Waals surface area contributed by atoms with Crippen molar-refractivity contribution in [2.24, 2.45) is 0 Å². The molecule has 1 aliphatic rings. The predicted molar refractivity (Wildman–Crippen MR) is 113 cm³/mol. The number of thiocarbonyl (C=S) groups is 1. The van der Waals surface area contributed by atoms with Crippen molar-refractivity contribution >= 4 is 34.6 Å². The van der Waals surface area contributed by atoms with Crippen LogP contribution >= 0.6 is 12.2 Å². The van der Waals surface area contributed by atoms with Crippen molar-refractivity contribution in [3.63, 3.8) is 0 Å². The van der Waals surface area contributed by atoms with Crippen LogP contribution in [0.25, 0.3) is 0 Å². The van der Waals surface area contributed by atoms with E-state index in [0.717, 1.165) is 29.9 Å². The van der Waals surface area contributed by atoms with Gasteiger partial charge in [-0.2, -0.15) is 0 Å². The molecule has 1 heterocycles. The monoisotopic (exact) mass is 398 g/mol. The molecular weight excluding hydrogens is 376 g/mol. The van der Waals surface area contributed by atoms with E-state index in [0.29, 0.717) is 23.8 Å². The molecule has 2 aromatic rings. The molecular formula is C20H22N4O3S. The van der Waals surface area contributed by atoms with Crippen LogP contribution in [-0.2, 0) is 0 Å². The topological polar surface area (TPSA) is 78.7 Å². The number of rotatable bonds is 3. The molecule has 3 rings (SSSR count). The zero-order valence-corrected chi connectivity index (χ0v) is 16.7. The van der Waals surface area contributed by atoms with Crippen molar-refractivity contribution in [2.75, 3.05) is 31.1 Å². The maximum atomic E-state index is 12.5. The number of non-ortho nitro benzene ring substituents is 1. The number of aryl methyl sites for hydroxylation is 2. The zero-order valence-electron chi connectivity index (χ0n) is 15.8. The lowest BCUT2D eigenvalue weighted by Crippen LogP contribution is -2.52. The number of anilines is 1. The number of hydrogen-bond acceptors (Lipinski definition) is 5. The third-order valence-corrected chi connectivity index (χ3v) is 5.06. The summed E-state index contributed by atoms with van der Waals surface area (Å²) in [5.41, 5.74) is 3.69. The molecule has 0 unspecified atom stereocenters. The van der Waals surface area contributed by atoms with Crippen molar-refractivity contribution in [1.29, 1.82) is 0 Å². The highest BCUT2D eigenvalue weighted by atomic mass is 32.1. The first-order chi connectivity index (χ1) is 13.3. The number of carbonyl (C=O) groups is 1. The van der Waals surface area contributed by atoms with Gasteiger partial charge in [-0.3, -0.25) is 20.2 Å². The molecule has 28 heavy (non-hydrogen) atoms. The Hall–Kier alpha value is -3.00. The Kier molecular flexibility index (Phi) is 5.89. The van der Waals surface area contributed by atoms with E-state index in [9.17, 15) is 14.9 Å². The standard InChI is InChI=1S/C20H22N4O3S/c1-14-11-15(2)13-16(12-14)19(25)21-20(28)23-9-7-22(8-10-23)17-3-5-18(6-4-17)24(26)27/h3-6,11-13H,7-10H2,1-2H3,(H,21,25,28). The van der Waals surface area contributed by atoms with Crippen LogP contribution in [0.2, 0.25) is 0 Å². The second kappa shape index (κ2) is 8.35. The van der Waals surface area contributed by atoms with Crippen molar-refractivity contribution in [3.05, 3.63) is 69.3 Å². The number of nitrogens with one attached hydrogen (secondary N) is 1. The van der Waals surface area contributed by atoms with Gasteiger partial charge in [-0.25, -0.2) is 0 Å². The second-order valence-electron chi connectivity index (χ2n) is 6.88. The van der Waals surface area contributed by atoms with Crippen LogP contribution in [0.5, 0.6) is 0 Å². The first kappa shape index (κ1) is 19.8. The summed E-state index contributed by atoms with van der Waals surface area (Å²) in [7, 11) is 0. The van der Waals surface area contributed by atoms with Crippen LogP contribution in [0.15, 0.2) is 42.5 Å². The lowest BCUT2D eigenvalue weighted by Gasteiger charge is -2.37. The van der Waals surface area contributed by atoms with E-state index in [2.05, 4.69) is 10.2 Å². The average Bonchev–Trinajstić information content (AvgIpc) is 2.67. The molecule has 8 heteroatoms. The molecule has 1 N–H and O–H groups in total. The number of nitro groups is 1. The summed E-state index contributed by atoms with van der Waals surface area (Å²) in [5, 5.41) is 14.0. The molecule has 146 valence electrons. The van der Waals surface area contributed by atoms with E-state index in [4.69, 9.17) is 12.2 Å². The van der Waals surface area contributed by atoms with Gasteiger partial charge in [-0.1, -0.05) is 17.2 Å². The fraction of sp³-hybridized carbons (Fsp3) is 0.300. The maximum Gasteiger partial charge on any atom is 0.269 e. The number of hydrogen-bond donors (Lipinski definition) is 1. The molecule has 0 saturated carbocycles. The number of benzene rings is 2. The van der Waals surface area contributed by atoms with Crippen molar-refractivity contribution in [3.8, 4) is 0 Å². The highest BCUT2D eigenvalue weighted by Crippen LogP contribution is 2.20. The first-order valence-corrected chi connectivity index (χ1v) is 9.42. The molecule has 1 saturated heterocycles. The highest BCUT2D eigenvalue weighted by Gasteiger charge is 2.21. The summed E-state index contributed by atoms with van der Waals surface area (Å²) < 4.78 is 0. The third-order valence-electron chi connectivity index (χ3n) is 4.70.